The molecule has 0 aliphatic rings. The molecule has 0 radical (unpaired) electrons. The molecule has 0 amide bonds. The number of halogens is 1. The van der Waals surface area contributed by atoms with Crippen molar-refractivity contribution in [3.8, 4) is 23.7 Å². The molecule has 0 aliphatic carbocycles. The third-order valence-electron chi connectivity index (χ3n) is 12.4. The predicted molar refractivity (Wildman–Crippen MR) is 319 cm³/mol. The molecule has 394 valence electrons. The molecule has 7 rings (SSSR count). The minimum atomic E-state index is -2.01. The molecule has 0 heterocycles. The summed E-state index contributed by atoms with van der Waals surface area (Å²) in [5, 5.41) is 17.8. The molecule has 7 aromatic carbocycles. The number of unbranched alkanes of at least 4 members (excludes halogenated alkanes) is 2. The zero-order chi connectivity index (χ0) is 55.0. The fourth-order valence-corrected chi connectivity index (χ4v) is 14.2. The third kappa shape index (κ3) is 21.2. The monoisotopic (exact) mass is 1130 g/mol. The number of hydrogen-bond donors (Lipinski definition) is 0. The van der Waals surface area contributed by atoms with E-state index in [9.17, 15) is 14.4 Å². The second-order valence-electron chi connectivity index (χ2n) is 19.0. The minimum absolute atomic E-state index is 0.0420. The van der Waals surface area contributed by atoms with E-state index in [0.29, 0.717) is 31.6 Å². The van der Waals surface area contributed by atoms with Gasteiger partial charge in [0.05, 0.1) is 41.0 Å². The molecular formula is C64H69ClCoNO6P2Si+2. The summed E-state index contributed by atoms with van der Waals surface area (Å²) in [4.78, 5) is 34.0. The van der Waals surface area contributed by atoms with Gasteiger partial charge in [-0.25, -0.2) is 11.6 Å². The van der Waals surface area contributed by atoms with Gasteiger partial charge in [0.25, 0.3) is 0 Å². The zero-order valence-electron chi connectivity index (χ0n) is 44.3. The molecule has 0 saturated heterocycles. The van der Waals surface area contributed by atoms with Crippen LogP contribution in [0.25, 0.3) is 0 Å². The van der Waals surface area contributed by atoms with Crippen molar-refractivity contribution in [2.24, 2.45) is 0 Å². The summed E-state index contributed by atoms with van der Waals surface area (Å²) < 4.78 is 17.2. The average Bonchev–Trinajstić information content (AvgIpc) is 3.44. The minimum Gasteiger partial charge on any atom is -0.0620 e. The number of rotatable bonds is 20. The maximum absolute atomic E-state index is 12.1. The summed E-state index contributed by atoms with van der Waals surface area (Å²) in [6, 6.07) is 71.9. The standard InChI is InChI=1S/C28H37NO6Si.2C18H15P.ClH.Co/c1-22(12-10-14-24(17-18-29)35-36(5,6)28(2,3)4)34-27(32)16-8-7-9-19-33-26-15-11-13-23(20-30)25(26)21-31;2*1-4-10-16(11-5-1)19(17-12-6-2-7-13-17)18-14-8-3-9-15-18;;/h11,13,15,22,24H,7-9,14,16-17,19H2,1-6H3;2*1-15H;1H;/q-2;;;;+3/p+1. The van der Waals surface area contributed by atoms with Crippen molar-refractivity contribution < 1.29 is 43.1 Å². The van der Waals surface area contributed by atoms with E-state index in [4.69, 9.17) is 19.2 Å². The first-order chi connectivity index (χ1) is 36.8. The Kier molecular flexibility index (Phi) is 28.5. The van der Waals surface area contributed by atoms with E-state index >= 15 is 0 Å². The first kappa shape index (κ1) is 62.6. The number of nitriles is 1. The van der Waals surface area contributed by atoms with Crippen LogP contribution in [0.2, 0.25) is 18.1 Å². The van der Waals surface area contributed by atoms with Crippen LogP contribution < -0.4 is 36.6 Å². The van der Waals surface area contributed by atoms with Crippen LogP contribution in [-0.4, -0.2) is 45.7 Å². The summed E-state index contributed by atoms with van der Waals surface area (Å²) >= 11 is 3.03. The molecular weight excluding hydrogens is 1060 g/mol. The van der Waals surface area contributed by atoms with Crippen molar-refractivity contribution in [2.45, 2.75) is 96.6 Å². The van der Waals surface area contributed by atoms with Crippen molar-refractivity contribution >= 4 is 84.7 Å². The van der Waals surface area contributed by atoms with Gasteiger partial charge >= 0.3 is 31.0 Å². The van der Waals surface area contributed by atoms with Gasteiger partial charge in [-0.2, -0.15) is 5.26 Å². The van der Waals surface area contributed by atoms with Gasteiger partial charge in [-0.05, 0) is 135 Å². The quantitative estimate of drug-likeness (QED) is 0.0187. The maximum atomic E-state index is 12.1. The van der Waals surface area contributed by atoms with E-state index in [2.05, 4.69) is 259 Å². The molecule has 0 saturated carbocycles. The first-order valence-corrected chi connectivity index (χ1v) is 32.6. The van der Waals surface area contributed by atoms with Gasteiger partial charge in [-0.1, -0.05) is 142 Å². The summed E-state index contributed by atoms with van der Waals surface area (Å²) in [6.07, 6.45) is 5.59. The summed E-state index contributed by atoms with van der Waals surface area (Å²) in [7, 11) is 0.564. The van der Waals surface area contributed by atoms with Gasteiger partial charge in [0.15, 0.2) is 14.4 Å². The third-order valence-corrected chi connectivity index (χ3v) is 22.4. The van der Waals surface area contributed by atoms with E-state index in [1.807, 2.05) is 0 Å². The van der Waals surface area contributed by atoms with Crippen molar-refractivity contribution in [3.05, 3.63) is 211 Å². The summed E-state index contributed by atoms with van der Waals surface area (Å²) in [6.45, 7) is 12.8. The molecule has 76 heavy (non-hydrogen) atoms. The first-order valence-electron chi connectivity index (χ1n) is 25.3. The molecule has 2 unspecified atom stereocenters. The molecule has 0 bridgehead atoms. The van der Waals surface area contributed by atoms with E-state index in [-0.39, 0.29) is 41.1 Å². The van der Waals surface area contributed by atoms with Crippen LogP contribution in [0.3, 0.4) is 0 Å². The van der Waals surface area contributed by atoms with Crippen LogP contribution in [0.5, 0.6) is 5.75 Å². The van der Waals surface area contributed by atoms with Crippen molar-refractivity contribution in [2.75, 3.05) is 6.61 Å². The molecule has 7 aromatic rings. The Balaban J connectivity index is 0.000000261. The fourth-order valence-electron chi connectivity index (χ4n) is 7.65. The summed E-state index contributed by atoms with van der Waals surface area (Å²) in [5.41, 5.74) is 0.183. The number of hydrogen-bond acceptors (Lipinski definition) is 7. The van der Waals surface area contributed by atoms with Crippen LogP contribution in [0.15, 0.2) is 200 Å². The Bertz CT molecular complexity index is 2560. The van der Waals surface area contributed by atoms with E-state index < -0.39 is 30.3 Å². The van der Waals surface area contributed by atoms with E-state index in [1.54, 1.807) is 31.6 Å². The molecule has 0 fully saturated rings. The number of benzene rings is 7. The molecule has 0 aromatic heterocycles. The van der Waals surface area contributed by atoms with Crippen molar-refractivity contribution in [1.29, 1.82) is 5.26 Å². The second kappa shape index (κ2) is 34.6. The van der Waals surface area contributed by atoms with Crippen LogP contribution in [0, 0.1) is 23.2 Å². The van der Waals surface area contributed by atoms with E-state index in [0.717, 1.165) is 6.42 Å². The Morgan fingerprint density at radius 1 is 0.605 bits per heavy atom. The van der Waals surface area contributed by atoms with Crippen molar-refractivity contribution in [3.63, 3.8) is 0 Å². The smallest absolute Gasteiger partial charge is 0.0620 e. The van der Waals surface area contributed by atoms with Crippen LogP contribution >= 0.6 is 26.0 Å². The Morgan fingerprint density at radius 3 is 1.37 bits per heavy atom. The van der Waals surface area contributed by atoms with Gasteiger partial charge in [0.1, 0.15) is 31.8 Å². The van der Waals surface area contributed by atoms with Gasteiger partial charge < -0.3 is 23.5 Å². The summed E-state index contributed by atoms with van der Waals surface area (Å²) in [5.74, 6) is 5.92. The SMILES string of the molecule is CC(C#CCC(CC#N)O[Si](C)(C)C(C)(C)C)OC(=O)CCCCCOc1cccc([C-]=O)c1[C-]=O.[Cl][Co+2].c1ccc([PH+](c2ccccc2)c2ccccc2)cc1.c1ccc([PH+](c2ccccc2)c2ccccc2)cc1. The van der Waals surface area contributed by atoms with Gasteiger partial charge in [-0.15, -0.1) is 12.1 Å². The maximum Gasteiger partial charge on any atom is 0.102 e. The van der Waals surface area contributed by atoms with E-state index in [1.165, 1.54) is 37.9 Å². The molecule has 0 aliphatic heterocycles. The molecule has 0 N–H and O–H groups in total. The van der Waals surface area contributed by atoms with Gasteiger partial charge in [-0.3, -0.25) is 10.4 Å². The number of carbonyl (C=O) groups is 1. The fraction of sp³-hybridized carbons (Fsp3) is 0.250. The van der Waals surface area contributed by atoms with Crippen LogP contribution in [0.1, 0.15) is 77.3 Å². The molecule has 0 spiro atoms. The van der Waals surface area contributed by atoms with Gasteiger partial charge in [0.2, 0.25) is 0 Å². The predicted octanol–water partition coefficient (Wildman–Crippen LogP) is 12.2. The topological polar surface area (TPSA) is 103 Å². The number of esters is 1. The normalized spacial score (nSPS) is 11.5. The average molecular weight is 1130 g/mol. The zero-order valence-corrected chi connectivity index (χ0v) is 49.1. The van der Waals surface area contributed by atoms with Crippen LogP contribution in [-0.2, 0) is 38.4 Å². The van der Waals surface area contributed by atoms with Gasteiger partial charge in [0, 0.05) is 12.8 Å². The number of ether oxygens (including phenoxy) is 2. The molecule has 7 nitrogen and oxygen atoms in total. The molecule has 12 heteroatoms. The Labute approximate surface area is 468 Å². The molecule has 2 atom stereocenters. The number of nitrogens with zero attached hydrogens (tertiary/aromatic N) is 1. The second-order valence-corrected chi connectivity index (χ2v) is 28.7. The largest absolute Gasteiger partial charge is 0.102 e. The van der Waals surface area contributed by atoms with Crippen molar-refractivity contribution in [1.82, 2.24) is 0 Å². The number of carbonyl (C=O) groups excluding carboxylic acids is 3. The van der Waals surface area contributed by atoms with Crippen LogP contribution in [0.4, 0.5) is 0 Å². The Morgan fingerprint density at radius 2 is 1.01 bits per heavy atom. The Hall–Kier alpha value is -5.97.